The van der Waals surface area contributed by atoms with Gasteiger partial charge in [-0.05, 0) is 30.5 Å². The second kappa shape index (κ2) is 8.75. The molecule has 7 nitrogen and oxygen atoms in total. The summed E-state index contributed by atoms with van der Waals surface area (Å²) in [5.41, 5.74) is 0.931. The van der Waals surface area contributed by atoms with E-state index >= 15 is 0 Å². The van der Waals surface area contributed by atoms with Crippen LogP contribution in [0.2, 0.25) is 0 Å². The number of ether oxygens (including phenoxy) is 1. The minimum Gasteiger partial charge on any atom is -0.375 e. The van der Waals surface area contributed by atoms with Crippen LogP contribution in [0.1, 0.15) is 36.3 Å². The summed E-state index contributed by atoms with van der Waals surface area (Å²) >= 11 is 0. The maximum absolute atomic E-state index is 13.1. The van der Waals surface area contributed by atoms with E-state index in [1.165, 1.54) is 12.1 Å². The fourth-order valence-electron chi connectivity index (χ4n) is 3.31. The zero-order valence-electron chi connectivity index (χ0n) is 15.2. The quantitative estimate of drug-likeness (QED) is 0.631. The van der Waals surface area contributed by atoms with Crippen LogP contribution >= 0.6 is 0 Å². The van der Waals surface area contributed by atoms with Crippen LogP contribution in [0.25, 0.3) is 0 Å². The van der Waals surface area contributed by atoms with E-state index in [-0.39, 0.29) is 11.9 Å². The lowest BCUT2D eigenvalue weighted by Crippen LogP contribution is -2.46. The molecule has 26 heavy (non-hydrogen) atoms. The number of aromatic amines is 1. The van der Waals surface area contributed by atoms with Gasteiger partial charge in [0.2, 0.25) is 0 Å². The number of benzene rings is 1. The monoisotopic (exact) mass is 360 g/mol. The Bertz CT molecular complexity index is 695. The molecule has 1 saturated heterocycles. The Kier molecular flexibility index (Phi) is 6.17. The third-order valence-electron chi connectivity index (χ3n) is 4.80. The summed E-state index contributed by atoms with van der Waals surface area (Å²) in [5.74, 6) is 1.98. The molecule has 0 aliphatic carbocycles. The van der Waals surface area contributed by atoms with Gasteiger partial charge in [-0.2, -0.15) is 5.10 Å². The lowest BCUT2D eigenvalue weighted by atomic mass is 9.96. The van der Waals surface area contributed by atoms with Crippen LogP contribution in [-0.4, -0.2) is 59.8 Å². The predicted molar refractivity (Wildman–Crippen MR) is 97.4 cm³/mol. The SMILES string of the molecule is CN=C(NCC(OC)c1ccc(F)cc1)N1CCC(c2ncn[nH]2)CC1. The molecule has 0 bridgehead atoms. The van der Waals surface area contributed by atoms with E-state index in [4.69, 9.17) is 4.74 Å². The molecule has 1 unspecified atom stereocenters. The Balaban J connectivity index is 1.54. The summed E-state index contributed by atoms with van der Waals surface area (Å²) in [4.78, 5) is 10.9. The molecule has 3 rings (SSSR count). The summed E-state index contributed by atoms with van der Waals surface area (Å²) in [6.45, 7) is 2.37. The number of nitrogens with zero attached hydrogens (tertiary/aromatic N) is 4. The van der Waals surface area contributed by atoms with Crippen molar-refractivity contribution in [3.05, 3.63) is 47.8 Å². The summed E-state index contributed by atoms with van der Waals surface area (Å²) < 4.78 is 18.7. The first-order valence-electron chi connectivity index (χ1n) is 8.80. The second-order valence-corrected chi connectivity index (χ2v) is 6.34. The Labute approximate surface area is 152 Å². The number of halogens is 1. The Morgan fingerprint density at radius 3 is 2.69 bits per heavy atom. The van der Waals surface area contributed by atoms with Crippen molar-refractivity contribution in [3.63, 3.8) is 0 Å². The van der Waals surface area contributed by atoms with E-state index in [1.54, 1.807) is 32.6 Å². The normalized spacial score (nSPS) is 17.3. The minimum atomic E-state index is -0.248. The van der Waals surface area contributed by atoms with Crippen molar-refractivity contribution < 1.29 is 9.13 Å². The van der Waals surface area contributed by atoms with Crippen LogP contribution in [0.15, 0.2) is 35.6 Å². The van der Waals surface area contributed by atoms with Crippen molar-refractivity contribution in [2.24, 2.45) is 4.99 Å². The molecular formula is C18H25FN6O. The van der Waals surface area contributed by atoms with Crippen molar-refractivity contribution in [2.45, 2.75) is 24.9 Å². The molecule has 1 fully saturated rings. The Hall–Kier alpha value is -2.48. The molecule has 0 radical (unpaired) electrons. The number of aromatic nitrogens is 3. The molecule has 1 atom stereocenters. The Morgan fingerprint density at radius 2 is 2.12 bits per heavy atom. The number of H-pyrrole nitrogens is 1. The van der Waals surface area contributed by atoms with E-state index in [0.29, 0.717) is 12.5 Å². The van der Waals surface area contributed by atoms with E-state index in [1.807, 2.05) is 0 Å². The number of methoxy groups -OCH3 is 1. The van der Waals surface area contributed by atoms with Crippen LogP contribution in [0.5, 0.6) is 0 Å². The number of rotatable bonds is 5. The number of piperidine rings is 1. The maximum Gasteiger partial charge on any atom is 0.193 e. The first-order valence-corrected chi connectivity index (χ1v) is 8.80. The third-order valence-corrected chi connectivity index (χ3v) is 4.80. The van der Waals surface area contributed by atoms with E-state index < -0.39 is 0 Å². The molecule has 2 N–H and O–H groups in total. The molecule has 0 spiro atoms. The Morgan fingerprint density at radius 1 is 1.38 bits per heavy atom. The van der Waals surface area contributed by atoms with Gasteiger partial charge < -0.3 is 15.0 Å². The summed E-state index contributed by atoms with van der Waals surface area (Å²) in [6, 6.07) is 6.39. The first kappa shape index (κ1) is 18.3. The zero-order chi connectivity index (χ0) is 18.4. The highest BCUT2D eigenvalue weighted by atomic mass is 19.1. The lowest BCUT2D eigenvalue weighted by Gasteiger charge is -2.34. The first-order chi connectivity index (χ1) is 12.7. The second-order valence-electron chi connectivity index (χ2n) is 6.34. The molecule has 2 aromatic rings. The molecule has 1 aliphatic heterocycles. The summed E-state index contributed by atoms with van der Waals surface area (Å²) in [6.07, 6.45) is 3.39. The van der Waals surface area contributed by atoms with Gasteiger partial charge in [0.15, 0.2) is 5.96 Å². The lowest BCUT2D eigenvalue weighted by molar-refractivity contribution is 0.105. The van der Waals surface area contributed by atoms with E-state index in [2.05, 4.69) is 30.4 Å². The van der Waals surface area contributed by atoms with Crippen molar-refractivity contribution in [3.8, 4) is 0 Å². The van der Waals surface area contributed by atoms with Gasteiger partial charge in [0.05, 0.1) is 6.10 Å². The van der Waals surface area contributed by atoms with Gasteiger partial charge in [-0.15, -0.1) is 0 Å². The number of aliphatic imine (C=N–C) groups is 1. The number of nitrogens with one attached hydrogen (secondary N) is 2. The molecule has 0 amide bonds. The number of likely N-dealkylation sites (tertiary alicyclic amines) is 1. The summed E-state index contributed by atoms with van der Waals surface area (Å²) in [5, 5.41) is 10.3. The minimum absolute atomic E-state index is 0.168. The van der Waals surface area contributed by atoms with Crippen molar-refractivity contribution in [1.82, 2.24) is 25.4 Å². The molecular weight excluding hydrogens is 335 g/mol. The average molecular weight is 360 g/mol. The predicted octanol–water partition coefficient (Wildman–Crippen LogP) is 2.09. The van der Waals surface area contributed by atoms with Gasteiger partial charge in [0.25, 0.3) is 0 Å². The maximum atomic E-state index is 13.1. The van der Waals surface area contributed by atoms with Crippen LogP contribution in [0, 0.1) is 5.82 Å². The highest BCUT2D eigenvalue weighted by molar-refractivity contribution is 5.80. The molecule has 1 aromatic heterocycles. The number of hydrogen-bond donors (Lipinski definition) is 2. The van der Waals surface area contributed by atoms with Crippen LogP contribution < -0.4 is 5.32 Å². The van der Waals surface area contributed by atoms with Crippen LogP contribution in [-0.2, 0) is 4.74 Å². The van der Waals surface area contributed by atoms with Gasteiger partial charge in [-0.1, -0.05) is 12.1 Å². The molecule has 8 heteroatoms. The van der Waals surface area contributed by atoms with Crippen molar-refractivity contribution in [2.75, 3.05) is 33.8 Å². The van der Waals surface area contributed by atoms with Gasteiger partial charge in [-0.25, -0.2) is 9.37 Å². The van der Waals surface area contributed by atoms with Gasteiger partial charge in [-0.3, -0.25) is 10.1 Å². The number of guanidine groups is 1. The van der Waals surface area contributed by atoms with Crippen molar-refractivity contribution in [1.29, 1.82) is 0 Å². The van der Waals surface area contributed by atoms with Gasteiger partial charge in [0.1, 0.15) is 18.0 Å². The molecule has 0 saturated carbocycles. The summed E-state index contributed by atoms with van der Waals surface area (Å²) in [7, 11) is 3.44. The van der Waals surface area contributed by atoms with Crippen molar-refractivity contribution >= 4 is 5.96 Å². The molecule has 140 valence electrons. The largest absolute Gasteiger partial charge is 0.375 e. The number of hydrogen-bond acceptors (Lipinski definition) is 4. The highest BCUT2D eigenvalue weighted by Gasteiger charge is 2.24. The van der Waals surface area contributed by atoms with Gasteiger partial charge in [0, 0.05) is 39.7 Å². The topological polar surface area (TPSA) is 78.4 Å². The van der Waals surface area contributed by atoms with Crippen LogP contribution in [0.4, 0.5) is 4.39 Å². The zero-order valence-corrected chi connectivity index (χ0v) is 15.2. The molecule has 1 aliphatic rings. The molecule has 1 aromatic carbocycles. The standard InChI is InChI=1S/C18H25FN6O/c1-20-18(21-11-16(26-2)13-3-5-15(19)6-4-13)25-9-7-14(8-10-25)17-22-12-23-24-17/h3-6,12,14,16H,7-11H2,1-2H3,(H,20,21)(H,22,23,24). The van der Waals surface area contributed by atoms with E-state index in [0.717, 1.165) is 43.3 Å². The van der Waals surface area contributed by atoms with Gasteiger partial charge >= 0.3 is 0 Å². The van der Waals surface area contributed by atoms with Crippen LogP contribution in [0.3, 0.4) is 0 Å². The highest BCUT2D eigenvalue weighted by Crippen LogP contribution is 2.25. The van der Waals surface area contributed by atoms with E-state index in [9.17, 15) is 4.39 Å². The fraction of sp³-hybridized carbons (Fsp3) is 0.500. The smallest absolute Gasteiger partial charge is 0.193 e. The third kappa shape index (κ3) is 4.37. The molecule has 2 heterocycles. The average Bonchev–Trinajstić information content (AvgIpc) is 3.21. The fourth-order valence-corrected chi connectivity index (χ4v) is 3.31.